The quantitative estimate of drug-likeness (QED) is 0.597. The second kappa shape index (κ2) is 7.58. The second-order valence-corrected chi connectivity index (χ2v) is 4.23. The van der Waals surface area contributed by atoms with Crippen LogP contribution in [0.5, 0.6) is 5.75 Å². The zero-order valence-corrected chi connectivity index (χ0v) is 11.0. The molecule has 100 valence electrons. The fourth-order valence-corrected chi connectivity index (χ4v) is 1.52. The minimum absolute atomic E-state index is 0.0798. The topological polar surface area (TPSA) is 61.5 Å². The van der Waals surface area contributed by atoms with Gasteiger partial charge in [0.15, 0.2) is 6.61 Å². The third kappa shape index (κ3) is 5.08. The Labute approximate surface area is 108 Å². The van der Waals surface area contributed by atoms with Crippen molar-refractivity contribution in [3.05, 3.63) is 24.3 Å². The molecule has 0 saturated carbocycles. The van der Waals surface area contributed by atoms with Crippen LogP contribution in [-0.4, -0.2) is 19.2 Å². The number of hydrogen-bond donors (Lipinski definition) is 1. The zero-order chi connectivity index (χ0) is 13.4. The van der Waals surface area contributed by atoms with Crippen LogP contribution < -0.4 is 10.5 Å². The highest BCUT2D eigenvalue weighted by Crippen LogP contribution is 2.14. The Morgan fingerprint density at radius 3 is 2.67 bits per heavy atom. The lowest BCUT2D eigenvalue weighted by atomic mass is 10.1. The van der Waals surface area contributed by atoms with Crippen LogP contribution in [0.4, 0.5) is 5.69 Å². The van der Waals surface area contributed by atoms with Gasteiger partial charge in [0, 0.05) is 11.8 Å². The lowest BCUT2D eigenvalue weighted by Gasteiger charge is -2.13. The highest BCUT2D eigenvalue weighted by molar-refractivity contribution is 5.71. The van der Waals surface area contributed by atoms with Gasteiger partial charge in [-0.2, -0.15) is 0 Å². The van der Waals surface area contributed by atoms with E-state index in [2.05, 4.69) is 13.8 Å². The van der Waals surface area contributed by atoms with Gasteiger partial charge in [0.1, 0.15) is 5.75 Å². The number of esters is 1. The summed E-state index contributed by atoms with van der Waals surface area (Å²) in [5, 5.41) is 0. The maximum absolute atomic E-state index is 11.5. The Bertz CT molecular complexity index is 375. The molecule has 0 fully saturated rings. The van der Waals surface area contributed by atoms with E-state index >= 15 is 0 Å². The van der Waals surface area contributed by atoms with Crippen molar-refractivity contribution in [3.8, 4) is 5.75 Å². The van der Waals surface area contributed by atoms with Crippen LogP contribution in [-0.2, 0) is 9.53 Å². The number of rotatable bonds is 7. The smallest absolute Gasteiger partial charge is 0.344 e. The Balaban J connectivity index is 2.29. The molecule has 0 saturated heterocycles. The first-order chi connectivity index (χ1) is 8.65. The molecular weight excluding hydrogens is 230 g/mol. The summed E-state index contributed by atoms with van der Waals surface area (Å²) < 4.78 is 10.4. The molecule has 0 amide bonds. The van der Waals surface area contributed by atoms with Gasteiger partial charge in [-0.3, -0.25) is 0 Å². The maximum Gasteiger partial charge on any atom is 0.344 e. The van der Waals surface area contributed by atoms with E-state index in [4.69, 9.17) is 15.2 Å². The van der Waals surface area contributed by atoms with Crippen molar-refractivity contribution in [2.24, 2.45) is 5.92 Å². The SMILES string of the molecule is CCC(CC)COC(=O)COc1cccc(N)c1. The molecule has 0 bridgehead atoms. The minimum Gasteiger partial charge on any atom is -0.482 e. The molecule has 0 aliphatic rings. The third-order valence-corrected chi connectivity index (χ3v) is 2.85. The number of carbonyl (C=O) groups is 1. The van der Waals surface area contributed by atoms with E-state index in [9.17, 15) is 4.79 Å². The van der Waals surface area contributed by atoms with Crippen molar-refractivity contribution in [2.45, 2.75) is 26.7 Å². The molecule has 2 N–H and O–H groups in total. The van der Waals surface area contributed by atoms with E-state index in [-0.39, 0.29) is 12.6 Å². The largest absolute Gasteiger partial charge is 0.482 e. The van der Waals surface area contributed by atoms with Crippen LogP contribution in [0.15, 0.2) is 24.3 Å². The monoisotopic (exact) mass is 251 g/mol. The maximum atomic E-state index is 11.5. The van der Waals surface area contributed by atoms with E-state index in [0.717, 1.165) is 12.8 Å². The average Bonchev–Trinajstić information content (AvgIpc) is 2.37. The number of nitrogen functional groups attached to an aromatic ring is 1. The number of carbonyl (C=O) groups excluding carboxylic acids is 1. The van der Waals surface area contributed by atoms with Crippen LogP contribution >= 0.6 is 0 Å². The number of benzene rings is 1. The molecule has 1 rings (SSSR count). The molecule has 0 heterocycles. The number of hydrogen-bond acceptors (Lipinski definition) is 4. The zero-order valence-electron chi connectivity index (χ0n) is 11.0. The Morgan fingerprint density at radius 2 is 2.06 bits per heavy atom. The molecule has 4 nitrogen and oxygen atoms in total. The van der Waals surface area contributed by atoms with Gasteiger partial charge in [-0.1, -0.05) is 32.8 Å². The van der Waals surface area contributed by atoms with Crippen molar-refractivity contribution >= 4 is 11.7 Å². The Kier molecular flexibility index (Phi) is 6.05. The van der Waals surface area contributed by atoms with Crippen LogP contribution in [0.1, 0.15) is 26.7 Å². The summed E-state index contributed by atoms with van der Waals surface area (Å²) in [6, 6.07) is 6.97. The number of nitrogens with two attached hydrogens (primary N) is 1. The summed E-state index contributed by atoms with van der Waals surface area (Å²) in [7, 11) is 0. The van der Waals surface area contributed by atoms with Gasteiger partial charge in [-0.15, -0.1) is 0 Å². The van der Waals surface area contributed by atoms with E-state index < -0.39 is 0 Å². The van der Waals surface area contributed by atoms with E-state index in [1.165, 1.54) is 0 Å². The van der Waals surface area contributed by atoms with Crippen molar-refractivity contribution in [1.82, 2.24) is 0 Å². The van der Waals surface area contributed by atoms with Crippen LogP contribution in [0.25, 0.3) is 0 Å². The predicted molar refractivity (Wildman–Crippen MR) is 71.4 cm³/mol. The minimum atomic E-state index is -0.343. The molecule has 0 radical (unpaired) electrons. The lowest BCUT2D eigenvalue weighted by molar-refractivity contribution is -0.147. The summed E-state index contributed by atoms with van der Waals surface area (Å²) in [4.78, 5) is 11.5. The fraction of sp³-hybridized carbons (Fsp3) is 0.500. The molecule has 1 aromatic rings. The predicted octanol–water partition coefficient (Wildman–Crippen LogP) is 2.63. The van der Waals surface area contributed by atoms with E-state index in [0.29, 0.717) is 24.0 Å². The molecule has 0 aliphatic carbocycles. The van der Waals surface area contributed by atoms with Gasteiger partial charge in [-0.05, 0) is 18.1 Å². The van der Waals surface area contributed by atoms with Gasteiger partial charge in [-0.25, -0.2) is 4.79 Å². The van der Waals surface area contributed by atoms with Gasteiger partial charge in [0.05, 0.1) is 6.61 Å². The molecule has 0 spiro atoms. The Morgan fingerprint density at radius 1 is 1.33 bits per heavy atom. The van der Waals surface area contributed by atoms with Crippen LogP contribution in [0, 0.1) is 5.92 Å². The first kappa shape index (κ1) is 14.4. The van der Waals surface area contributed by atoms with Crippen molar-refractivity contribution in [1.29, 1.82) is 0 Å². The highest BCUT2D eigenvalue weighted by Gasteiger charge is 2.09. The summed E-state index contributed by atoms with van der Waals surface area (Å²) >= 11 is 0. The number of anilines is 1. The summed E-state index contributed by atoms with van der Waals surface area (Å²) in [5.74, 6) is 0.667. The molecule has 0 atom stereocenters. The molecule has 0 aliphatic heterocycles. The first-order valence-electron chi connectivity index (χ1n) is 6.29. The summed E-state index contributed by atoms with van der Waals surface area (Å²) in [6.45, 7) is 4.56. The Hall–Kier alpha value is -1.71. The van der Waals surface area contributed by atoms with Gasteiger partial charge in [0.2, 0.25) is 0 Å². The highest BCUT2D eigenvalue weighted by atomic mass is 16.6. The summed E-state index contributed by atoms with van der Waals surface area (Å²) in [5.41, 5.74) is 6.21. The molecule has 0 unspecified atom stereocenters. The van der Waals surface area contributed by atoms with Crippen molar-refractivity contribution < 1.29 is 14.3 Å². The van der Waals surface area contributed by atoms with E-state index in [1.807, 2.05) is 0 Å². The average molecular weight is 251 g/mol. The van der Waals surface area contributed by atoms with Gasteiger partial charge in [0.25, 0.3) is 0 Å². The summed E-state index contributed by atoms with van der Waals surface area (Å²) in [6.07, 6.45) is 2.03. The first-order valence-corrected chi connectivity index (χ1v) is 6.29. The normalized spacial score (nSPS) is 10.4. The molecule has 18 heavy (non-hydrogen) atoms. The van der Waals surface area contributed by atoms with E-state index in [1.54, 1.807) is 24.3 Å². The molecule has 0 aromatic heterocycles. The molecular formula is C14H21NO3. The lowest BCUT2D eigenvalue weighted by Crippen LogP contribution is -2.19. The van der Waals surface area contributed by atoms with Crippen LogP contribution in [0.3, 0.4) is 0 Å². The third-order valence-electron chi connectivity index (χ3n) is 2.85. The number of ether oxygens (including phenoxy) is 2. The van der Waals surface area contributed by atoms with Gasteiger partial charge < -0.3 is 15.2 Å². The molecule has 4 heteroatoms. The van der Waals surface area contributed by atoms with Crippen LogP contribution in [0.2, 0.25) is 0 Å². The fourth-order valence-electron chi connectivity index (χ4n) is 1.52. The van der Waals surface area contributed by atoms with Crippen molar-refractivity contribution in [2.75, 3.05) is 18.9 Å². The van der Waals surface area contributed by atoms with Crippen molar-refractivity contribution in [3.63, 3.8) is 0 Å². The van der Waals surface area contributed by atoms with Gasteiger partial charge >= 0.3 is 5.97 Å². The second-order valence-electron chi connectivity index (χ2n) is 4.23. The molecule has 1 aromatic carbocycles. The standard InChI is InChI=1S/C14H21NO3/c1-3-11(4-2)9-18-14(16)10-17-13-7-5-6-12(15)8-13/h5-8,11H,3-4,9-10,15H2,1-2H3.